The molecule has 1 aromatic carbocycles. The summed E-state index contributed by atoms with van der Waals surface area (Å²) in [6.45, 7) is 0.387. The number of aliphatic hydroxyl groups is 1. The van der Waals surface area contributed by atoms with Crippen LogP contribution >= 0.6 is 0 Å². The lowest BCUT2D eigenvalue weighted by atomic mass is 9.89. The van der Waals surface area contributed by atoms with Crippen molar-refractivity contribution in [1.82, 2.24) is 10.6 Å². The highest BCUT2D eigenvalue weighted by molar-refractivity contribution is 5.89. The van der Waals surface area contributed by atoms with Crippen molar-refractivity contribution >= 4 is 17.6 Å². The van der Waals surface area contributed by atoms with Gasteiger partial charge in [-0.2, -0.15) is 0 Å². The Morgan fingerprint density at radius 3 is 2.70 bits per heavy atom. The van der Waals surface area contributed by atoms with Crippen LogP contribution in [0.25, 0.3) is 0 Å². The number of carbonyl (C=O) groups excluding carboxylic acids is 2. The molecular weight excluding hydrogens is 389 g/mol. The Morgan fingerprint density at radius 2 is 1.97 bits per heavy atom. The number of benzene rings is 1. The topological polar surface area (TPSA) is 99.7 Å². The Kier molecular flexibility index (Phi) is 8.21. The fourth-order valence-electron chi connectivity index (χ4n) is 3.93. The van der Waals surface area contributed by atoms with Crippen molar-refractivity contribution in [3.8, 4) is 0 Å². The average Bonchev–Trinajstić information content (AvgIpc) is 2.74. The van der Waals surface area contributed by atoms with Gasteiger partial charge in [0.1, 0.15) is 11.9 Å². The number of amides is 3. The van der Waals surface area contributed by atoms with Crippen LogP contribution in [0.5, 0.6) is 0 Å². The molecule has 1 fully saturated rings. The van der Waals surface area contributed by atoms with Crippen molar-refractivity contribution in [3.05, 3.63) is 42.2 Å². The normalized spacial score (nSPS) is 24.3. The molecule has 1 aromatic rings. The van der Waals surface area contributed by atoms with Gasteiger partial charge in [0.15, 0.2) is 0 Å². The van der Waals surface area contributed by atoms with Gasteiger partial charge in [-0.15, -0.1) is 0 Å². The number of rotatable bonds is 7. The van der Waals surface area contributed by atoms with Crippen LogP contribution in [0.3, 0.4) is 0 Å². The molecule has 0 spiro atoms. The minimum Gasteiger partial charge on any atom is -0.394 e. The van der Waals surface area contributed by atoms with Gasteiger partial charge in [0, 0.05) is 12.2 Å². The second kappa shape index (κ2) is 11.1. The first-order valence-electron chi connectivity index (χ1n) is 10.6. The highest BCUT2D eigenvalue weighted by Gasteiger charge is 2.29. The Morgan fingerprint density at radius 1 is 1.17 bits per heavy atom. The van der Waals surface area contributed by atoms with Gasteiger partial charge in [-0.1, -0.05) is 37.5 Å². The molecule has 3 rings (SSSR count). The molecule has 164 valence electrons. The lowest BCUT2D eigenvalue weighted by Gasteiger charge is -2.31. The number of hydrogen-bond donors (Lipinski definition) is 4. The van der Waals surface area contributed by atoms with Gasteiger partial charge < -0.3 is 25.8 Å². The van der Waals surface area contributed by atoms with Gasteiger partial charge in [0.2, 0.25) is 5.91 Å². The van der Waals surface area contributed by atoms with Gasteiger partial charge in [-0.05, 0) is 37.0 Å². The molecule has 0 aromatic heterocycles. The van der Waals surface area contributed by atoms with E-state index in [-0.39, 0.29) is 18.9 Å². The lowest BCUT2D eigenvalue weighted by molar-refractivity contribution is -0.125. The fraction of sp³-hybridized carbons (Fsp3) is 0.545. The predicted molar refractivity (Wildman–Crippen MR) is 111 cm³/mol. The van der Waals surface area contributed by atoms with Crippen LogP contribution in [-0.4, -0.2) is 48.4 Å². The zero-order valence-corrected chi connectivity index (χ0v) is 17.0. The molecule has 1 aliphatic carbocycles. The van der Waals surface area contributed by atoms with Crippen molar-refractivity contribution in [2.24, 2.45) is 5.92 Å². The number of aliphatic hydroxyl groups excluding tert-OH is 1. The summed E-state index contributed by atoms with van der Waals surface area (Å²) < 4.78 is 19.0. The Bertz CT molecular complexity index is 752. The molecule has 4 N–H and O–H groups in total. The summed E-state index contributed by atoms with van der Waals surface area (Å²) in [6, 6.07) is 4.45. The molecule has 1 saturated carbocycles. The Labute approximate surface area is 176 Å². The van der Waals surface area contributed by atoms with E-state index in [2.05, 4.69) is 16.0 Å². The molecule has 3 amide bonds. The summed E-state index contributed by atoms with van der Waals surface area (Å²) in [5.74, 6) is 0.0228. The van der Waals surface area contributed by atoms with Crippen LogP contribution in [-0.2, 0) is 9.53 Å². The average molecular weight is 419 g/mol. The van der Waals surface area contributed by atoms with Crippen LogP contribution in [0.2, 0.25) is 0 Å². The second-order valence-electron chi connectivity index (χ2n) is 7.93. The number of halogens is 1. The van der Waals surface area contributed by atoms with Gasteiger partial charge >= 0.3 is 6.03 Å². The third-order valence-electron chi connectivity index (χ3n) is 5.54. The van der Waals surface area contributed by atoms with Crippen LogP contribution in [0, 0.1) is 11.7 Å². The maximum Gasteiger partial charge on any atom is 0.319 e. The number of carbonyl (C=O) groups is 2. The third-order valence-corrected chi connectivity index (χ3v) is 5.54. The SMILES string of the molecule is O=C(C[C@@H]1C=C[C@@H](NC(=O)Nc2cccc(F)c2)[C@H](CO)O1)NCC1CCCCC1. The van der Waals surface area contributed by atoms with Gasteiger partial charge in [-0.3, -0.25) is 4.79 Å². The number of urea groups is 1. The number of anilines is 1. The molecule has 30 heavy (non-hydrogen) atoms. The highest BCUT2D eigenvalue weighted by Crippen LogP contribution is 2.23. The van der Waals surface area contributed by atoms with Crippen LogP contribution in [0.4, 0.5) is 14.9 Å². The molecular formula is C22H30FN3O4. The summed E-state index contributed by atoms with van der Waals surface area (Å²) in [5, 5.41) is 17.9. The fourth-order valence-corrected chi connectivity index (χ4v) is 3.93. The maximum absolute atomic E-state index is 13.2. The van der Waals surface area contributed by atoms with Gasteiger partial charge in [0.05, 0.1) is 25.2 Å². The van der Waals surface area contributed by atoms with E-state index < -0.39 is 30.1 Å². The first-order chi connectivity index (χ1) is 14.5. The Balaban J connectivity index is 1.46. The van der Waals surface area contributed by atoms with Crippen molar-refractivity contribution in [2.75, 3.05) is 18.5 Å². The van der Waals surface area contributed by atoms with E-state index in [1.165, 1.54) is 37.5 Å². The summed E-state index contributed by atoms with van der Waals surface area (Å²) >= 11 is 0. The third kappa shape index (κ3) is 6.81. The number of ether oxygens (including phenoxy) is 1. The van der Waals surface area contributed by atoms with E-state index in [1.54, 1.807) is 18.2 Å². The zero-order valence-electron chi connectivity index (χ0n) is 17.0. The molecule has 0 saturated heterocycles. The van der Waals surface area contributed by atoms with E-state index in [0.29, 0.717) is 18.2 Å². The summed E-state index contributed by atoms with van der Waals surface area (Å²) in [5.41, 5.74) is 0.321. The first kappa shape index (κ1) is 22.2. The maximum atomic E-state index is 13.2. The van der Waals surface area contributed by atoms with E-state index in [9.17, 15) is 19.1 Å². The van der Waals surface area contributed by atoms with E-state index in [1.807, 2.05) is 0 Å². The van der Waals surface area contributed by atoms with E-state index >= 15 is 0 Å². The molecule has 0 radical (unpaired) electrons. The van der Waals surface area contributed by atoms with E-state index in [4.69, 9.17) is 4.74 Å². The molecule has 2 aliphatic rings. The lowest BCUT2D eigenvalue weighted by Crippen LogP contribution is -2.50. The quantitative estimate of drug-likeness (QED) is 0.511. The van der Waals surface area contributed by atoms with Crippen LogP contribution in [0.15, 0.2) is 36.4 Å². The number of hydrogen-bond acceptors (Lipinski definition) is 4. The van der Waals surface area contributed by atoms with Crippen LogP contribution < -0.4 is 16.0 Å². The van der Waals surface area contributed by atoms with E-state index in [0.717, 1.165) is 12.8 Å². The molecule has 7 nitrogen and oxygen atoms in total. The molecule has 1 heterocycles. The standard InChI is InChI=1S/C22H30FN3O4/c23-16-7-4-8-17(11-16)25-22(29)26-19-10-9-18(30-20(19)14-27)12-21(28)24-13-15-5-2-1-3-6-15/h4,7-11,15,18-20,27H,1-3,5-6,12-14H2,(H,24,28)(H2,25,26,29)/t18-,19+,20-/m0/s1. The monoisotopic (exact) mass is 419 g/mol. The first-order valence-corrected chi connectivity index (χ1v) is 10.6. The van der Waals surface area contributed by atoms with Gasteiger partial charge in [-0.25, -0.2) is 9.18 Å². The number of nitrogens with one attached hydrogen (secondary N) is 3. The minimum atomic E-state index is -0.676. The highest BCUT2D eigenvalue weighted by atomic mass is 19.1. The van der Waals surface area contributed by atoms with Crippen molar-refractivity contribution in [2.45, 2.75) is 56.8 Å². The van der Waals surface area contributed by atoms with Crippen molar-refractivity contribution < 1.29 is 23.8 Å². The second-order valence-corrected chi connectivity index (χ2v) is 7.93. The largest absolute Gasteiger partial charge is 0.394 e. The Hall–Kier alpha value is -2.45. The molecule has 1 aliphatic heterocycles. The molecule has 0 bridgehead atoms. The smallest absolute Gasteiger partial charge is 0.319 e. The molecule has 0 unspecified atom stereocenters. The predicted octanol–water partition coefficient (Wildman–Crippen LogP) is 2.72. The van der Waals surface area contributed by atoms with Crippen LogP contribution in [0.1, 0.15) is 38.5 Å². The summed E-state index contributed by atoms with van der Waals surface area (Å²) in [6.07, 6.45) is 8.54. The summed E-state index contributed by atoms with van der Waals surface area (Å²) in [4.78, 5) is 24.4. The van der Waals surface area contributed by atoms with Crippen molar-refractivity contribution in [1.29, 1.82) is 0 Å². The van der Waals surface area contributed by atoms with Crippen molar-refractivity contribution in [3.63, 3.8) is 0 Å². The molecule has 8 heteroatoms. The molecule has 3 atom stereocenters. The minimum absolute atomic E-state index is 0.0813. The van der Waals surface area contributed by atoms with Gasteiger partial charge in [0.25, 0.3) is 0 Å². The zero-order chi connectivity index (χ0) is 21.3. The summed E-state index contributed by atoms with van der Waals surface area (Å²) in [7, 11) is 0.